The fourth-order valence-corrected chi connectivity index (χ4v) is 2.99. The molecular formula is C16H20O2. The maximum Gasteiger partial charge on any atom is 0.172 e. The molecule has 1 spiro atoms. The average molecular weight is 244 g/mol. The lowest BCUT2D eigenvalue weighted by Crippen LogP contribution is -2.31. The molecule has 1 fully saturated rings. The molecule has 1 aromatic rings. The van der Waals surface area contributed by atoms with E-state index in [1.165, 1.54) is 22.3 Å². The van der Waals surface area contributed by atoms with E-state index >= 15 is 0 Å². The fraction of sp³-hybridized carbons (Fsp3) is 0.500. The van der Waals surface area contributed by atoms with Crippen LogP contribution in [0.15, 0.2) is 24.3 Å². The maximum atomic E-state index is 5.75. The van der Waals surface area contributed by atoms with Gasteiger partial charge in [-0.05, 0) is 31.4 Å². The largest absolute Gasteiger partial charge is 0.347 e. The Morgan fingerprint density at radius 2 is 1.67 bits per heavy atom. The summed E-state index contributed by atoms with van der Waals surface area (Å²) >= 11 is 0. The number of aryl methyl sites for hydroxylation is 2. The van der Waals surface area contributed by atoms with Crippen molar-refractivity contribution in [3.05, 3.63) is 41.0 Å². The van der Waals surface area contributed by atoms with Gasteiger partial charge in [0.2, 0.25) is 0 Å². The first-order valence-corrected chi connectivity index (χ1v) is 6.73. The summed E-state index contributed by atoms with van der Waals surface area (Å²) in [5.74, 6) is -0.303. The summed E-state index contributed by atoms with van der Waals surface area (Å²) in [6, 6.07) is 6.76. The number of hydrogen-bond acceptors (Lipinski definition) is 2. The summed E-state index contributed by atoms with van der Waals surface area (Å²) in [5, 5.41) is 0. The third kappa shape index (κ3) is 2.23. The predicted molar refractivity (Wildman–Crippen MR) is 72.4 cm³/mol. The van der Waals surface area contributed by atoms with Crippen molar-refractivity contribution in [1.29, 1.82) is 0 Å². The summed E-state index contributed by atoms with van der Waals surface area (Å²) in [7, 11) is 0. The molecule has 2 heteroatoms. The van der Waals surface area contributed by atoms with Gasteiger partial charge in [0.25, 0.3) is 0 Å². The normalized spacial score (nSPS) is 22.2. The van der Waals surface area contributed by atoms with E-state index in [0.717, 1.165) is 32.5 Å². The number of allylic oxidation sites excluding steroid dienone is 1. The van der Waals surface area contributed by atoms with E-state index < -0.39 is 0 Å². The van der Waals surface area contributed by atoms with Crippen molar-refractivity contribution >= 4 is 5.57 Å². The van der Waals surface area contributed by atoms with Crippen molar-refractivity contribution in [2.24, 2.45) is 0 Å². The van der Waals surface area contributed by atoms with E-state index in [0.29, 0.717) is 0 Å². The molecule has 0 unspecified atom stereocenters. The molecule has 0 bridgehead atoms. The molecule has 0 atom stereocenters. The summed E-state index contributed by atoms with van der Waals surface area (Å²) in [5.41, 5.74) is 5.46. The molecule has 1 aromatic carbocycles. The van der Waals surface area contributed by atoms with Crippen LogP contribution in [0.1, 0.15) is 36.0 Å². The number of benzene rings is 1. The highest BCUT2D eigenvalue weighted by Gasteiger charge is 2.37. The van der Waals surface area contributed by atoms with Crippen molar-refractivity contribution in [3.8, 4) is 0 Å². The standard InChI is InChI=1S/C16H20O2/c1-12-9-13(2)11-15(10-12)14-3-5-16(6-4-14)17-7-8-18-16/h3,9-11H,4-8H2,1-2H3. The van der Waals surface area contributed by atoms with E-state index in [1.807, 2.05) is 0 Å². The molecule has 0 saturated carbocycles. The van der Waals surface area contributed by atoms with Gasteiger partial charge in [-0.1, -0.05) is 35.4 Å². The molecule has 18 heavy (non-hydrogen) atoms. The van der Waals surface area contributed by atoms with Gasteiger partial charge in [0, 0.05) is 12.8 Å². The Balaban J connectivity index is 1.83. The Labute approximate surface area is 109 Å². The Bertz CT molecular complexity index is 462. The molecule has 3 rings (SSSR count). The highest BCUT2D eigenvalue weighted by Crippen LogP contribution is 2.38. The third-order valence-electron chi connectivity index (χ3n) is 3.84. The van der Waals surface area contributed by atoms with E-state index in [-0.39, 0.29) is 5.79 Å². The first-order valence-electron chi connectivity index (χ1n) is 6.73. The first-order chi connectivity index (χ1) is 8.67. The number of rotatable bonds is 1. The van der Waals surface area contributed by atoms with Crippen LogP contribution < -0.4 is 0 Å². The molecule has 2 nitrogen and oxygen atoms in total. The monoisotopic (exact) mass is 244 g/mol. The van der Waals surface area contributed by atoms with Crippen molar-refractivity contribution in [1.82, 2.24) is 0 Å². The molecule has 1 aliphatic carbocycles. The van der Waals surface area contributed by atoms with Gasteiger partial charge < -0.3 is 9.47 Å². The van der Waals surface area contributed by atoms with Crippen molar-refractivity contribution < 1.29 is 9.47 Å². The van der Waals surface area contributed by atoms with Crippen LogP contribution in [0, 0.1) is 13.8 Å². The molecule has 0 radical (unpaired) electrons. The van der Waals surface area contributed by atoms with Crippen molar-refractivity contribution in [3.63, 3.8) is 0 Å². The van der Waals surface area contributed by atoms with E-state index in [2.05, 4.69) is 38.1 Å². The molecule has 2 aliphatic rings. The molecule has 1 saturated heterocycles. The van der Waals surface area contributed by atoms with Crippen molar-refractivity contribution in [2.75, 3.05) is 13.2 Å². The predicted octanol–water partition coefficient (Wildman–Crippen LogP) is 3.61. The summed E-state index contributed by atoms with van der Waals surface area (Å²) < 4.78 is 11.5. The lowest BCUT2D eigenvalue weighted by Gasteiger charge is -2.30. The minimum Gasteiger partial charge on any atom is -0.347 e. The molecule has 0 N–H and O–H groups in total. The smallest absolute Gasteiger partial charge is 0.172 e. The number of ether oxygens (including phenoxy) is 2. The second-order valence-corrected chi connectivity index (χ2v) is 5.42. The minimum atomic E-state index is -0.303. The van der Waals surface area contributed by atoms with E-state index in [9.17, 15) is 0 Å². The first kappa shape index (κ1) is 11.9. The number of hydrogen-bond donors (Lipinski definition) is 0. The Morgan fingerprint density at radius 3 is 2.22 bits per heavy atom. The lowest BCUT2D eigenvalue weighted by atomic mass is 9.88. The van der Waals surface area contributed by atoms with Gasteiger partial charge in [0.05, 0.1) is 13.2 Å². The van der Waals surface area contributed by atoms with Crippen LogP contribution in [0.5, 0.6) is 0 Å². The van der Waals surface area contributed by atoms with Gasteiger partial charge in [0.1, 0.15) is 0 Å². The lowest BCUT2D eigenvalue weighted by molar-refractivity contribution is -0.159. The second-order valence-electron chi connectivity index (χ2n) is 5.42. The van der Waals surface area contributed by atoms with E-state index in [1.54, 1.807) is 0 Å². The Kier molecular flexibility index (Phi) is 3.00. The fourth-order valence-electron chi connectivity index (χ4n) is 2.99. The van der Waals surface area contributed by atoms with Gasteiger partial charge in [-0.25, -0.2) is 0 Å². The summed E-state index contributed by atoms with van der Waals surface area (Å²) in [6.07, 6.45) is 5.20. The van der Waals surface area contributed by atoms with Crippen LogP contribution in [0.25, 0.3) is 5.57 Å². The molecular weight excluding hydrogens is 224 g/mol. The molecule has 1 aliphatic heterocycles. The minimum absolute atomic E-state index is 0.303. The third-order valence-corrected chi connectivity index (χ3v) is 3.84. The van der Waals surface area contributed by atoms with Gasteiger partial charge in [-0.2, -0.15) is 0 Å². The van der Waals surface area contributed by atoms with Crippen LogP contribution in [-0.2, 0) is 9.47 Å². The zero-order valence-electron chi connectivity index (χ0n) is 11.2. The van der Waals surface area contributed by atoms with Crippen LogP contribution in [-0.4, -0.2) is 19.0 Å². The van der Waals surface area contributed by atoms with Crippen LogP contribution in [0.2, 0.25) is 0 Å². The zero-order chi connectivity index (χ0) is 12.6. The molecule has 0 aromatic heterocycles. The summed E-state index contributed by atoms with van der Waals surface area (Å²) in [4.78, 5) is 0. The van der Waals surface area contributed by atoms with Gasteiger partial charge in [-0.3, -0.25) is 0 Å². The topological polar surface area (TPSA) is 18.5 Å². The van der Waals surface area contributed by atoms with Crippen molar-refractivity contribution in [2.45, 2.75) is 38.9 Å². The second kappa shape index (κ2) is 4.52. The molecule has 0 amide bonds. The Morgan fingerprint density at radius 1 is 1.00 bits per heavy atom. The average Bonchev–Trinajstić information content (AvgIpc) is 2.77. The highest BCUT2D eigenvalue weighted by molar-refractivity contribution is 5.67. The zero-order valence-corrected chi connectivity index (χ0v) is 11.2. The Hall–Kier alpha value is -1.12. The molecule has 96 valence electrons. The van der Waals surface area contributed by atoms with Gasteiger partial charge >= 0.3 is 0 Å². The SMILES string of the molecule is Cc1cc(C)cc(C2=CCC3(CC2)OCCO3)c1. The highest BCUT2D eigenvalue weighted by atomic mass is 16.7. The van der Waals surface area contributed by atoms with Crippen LogP contribution >= 0.6 is 0 Å². The molecule has 1 heterocycles. The van der Waals surface area contributed by atoms with Crippen LogP contribution in [0.4, 0.5) is 0 Å². The summed E-state index contributed by atoms with van der Waals surface area (Å²) in [6.45, 7) is 5.80. The quantitative estimate of drug-likeness (QED) is 0.751. The van der Waals surface area contributed by atoms with Gasteiger partial charge in [0.15, 0.2) is 5.79 Å². The van der Waals surface area contributed by atoms with Crippen LogP contribution in [0.3, 0.4) is 0 Å². The maximum absolute atomic E-state index is 5.75. The van der Waals surface area contributed by atoms with Gasteiger partial charge in [-0.15, -0.1) is 0 Å². The van der Waals surface area contributed by atoms with E-state index in [4.69, 9.17) is 9.47 Å².